The van der Waals surface area contributed by atoms with Gasteiger partial charge in [0.05, 0.1) is 6.10 Å². The molecule has 5 heteroatoms. The fraction of sp³-hybridized carbons (Fsp3) is 0.240. The van der Waals surface area contributed by atoms with Crippen LogP contribution in [0, 0.1) is 0 Å². The fourth-order valence-electron chi connectivity index (χ4n) is 3.54. The van der Waals surface area contributed by atoms with Crippen LogP contribution in [0.25, 0.3) is 11.1 Å². The molecule has 2 aliphatic rings. The summed E-state index contributed by atoms with van der Waals surface area (Å²) in [5.74, 6) is 1.29. The van der Waals surface area contributed by atoms with Crippen LogP contribution in [-0.2, 0) is 0 Å². The van der Waals surface area contributed by atoms with E-state index >= 15 is 0 Å². The topological polar surface area (TPSA) is 59.0 Å². The van der Waals surface area contributed by atoms with E-state index in [4.69, 9.17) is 9.47 Å². The van der Waals surface area contributed by atoms with Crippen LogP contribution in [-0.4, -0.2) is 41.9 Å². The van der Waals surface area contributed by atoms with Gasteiger partial charge in [0.25, 0.3) is 5.91 Å². The van der Waals surface area contributed by atoms with Gasteiger partial charge in [0, 0.05) is 18.7 Å². The molecule has 1 fully saturated rings. The summed E-state index contributed by atoms with van der Waals surface area (Å²) in [6.07, 6.45) is 1.03. The van der Waals surface area contributed by atoms with Gasteiger partial charge in [-0.25, -0.2) is 0 Å². The van der Waals surface area contributed by atoms with Crippen molar-refractivity contribution in [1.29, 1.82) is 0 Å². The van der Waals surface area contributed by atoms with Gasteiger partial charge in [0.2, 0.25) is 6.79 Å². The van der Waals surface area contributed by atoms with Gasteiger partial charge in [0.1, 0.15) is 0 Å². The quantitative estimate of drug-likeness (QED) is 0.691. The second kappa shape index (κ2) is 9.46. The first kappa shape index (κ1) is 20.0. The summed E-state index contributed by atoms with van der Waals surface area (Å²) in [4.78, 5) is 14.0. The van der Waals surface area contributed by atoms with E-state index < -0.39 is 0 Å². The molecule has 0 aliphatic carbocycles. The van der Waals surface area contributed by atoms with E-state index in [2.05, 4.69) is 48.5 Å². The molecule has 0 unspecified atom stereocenters. The van der Waals surface area contributed by atoms with Crippen LogP contribution >= 0.6 is 0 Å². The van der Waals surface area contributed by atoms with E-state index in [0.29, 0.717) is 43.0 Å². The maximum atomic E-state index is 12.3. The Morgan fingerprint density at radius 2 is 1.37 bits per heavy atom. The average molecular weight is 403 g/mol. The molecule has 2 heterocycles. The standard InChI is InChI=1S/C13H15NO4.C12H10/c15-10-3-5-14(6-4-10)13(16)9-1-2-11-12(7-9)18-8-17-11;1-3-7-11(8-4-1)12-9-5-2-6-10-12/h1-2,7,10,15H,3-6,8H2;1-10H. The molecule has 1 amide bonds. The third kappa shape index (κ3) is 4.81. The largest absolute Gasteiger partial charge is 0.454 e. The minimum absolute atomic E-state index is 0.0137. The van der Waals surface area contributed by atoms with Crippen LogP contribution in [0.3, 0.4) is 0 Å². The van der Waals surface area contributed by atoms with Crippen LogP contribution in [0.5, 0.6) is 11.5 Å². The lowest BCUT2D eigenvalue weighted by Crippen LogP contribution is -2.40. The van der Waals surface area contributed by atoms with Crippen molar-refractivity contribution in [3.8, 4) is 22.6 Å². The highest BCUT2D eigenvalue weighted by Crippen LogP contribution is 2.33. The van der Waals surface area contributed by atoms with E-state index in [1.165, 1.54) is 11.1 Å². The maximum Gasteiger partial charge on any atom is 0.253 e. The zero-order valence-electron chi connectivity index (χ0n) is 16.7. The molecule has 3 aromatic carbocycles. The second-order valence-corrected chi connectivity index (χ2v) is 7.32. The van der Waals surface area contributed by atoms with Crippen LogP contribution in [0.15, 0.2) is 78.9 Å². The number of carbonyl (C=O) groups excluding carboxylic acids is 1. The molecule has 0 saturated carbocycles. The van der Waals surface area contributed by atoms with Crippen molar-refractivity contribution in [2.75, 3.05) is 19.9 Å². The number of fused-ring (bicyclic) bond motifs is 1. The summed E-state index contributed by atoms with van der Waals surface area (Å²) in [6, 6.07) is 26.0. The second-order valence-electron chi connectivity index (χ2n) is 7.32. The lowest BCUT2D eigenvalue weighted by atomic mass is 10.1. The van der Waals surface area contributed by atoms with Crippen LogP contribution in [0.1, 0.15) is 23.2 Å². The number of benzene rings is 3. The third-order valence-corrected chi connectivity index (χ3v) is 5.25. The molecule has 0 atom stereocenters. The van der Waals surface area contributed by atoms with Gasteiger partial charge >= 0.3 is 0 Å². The lowest BCUT2D eigenvalue weighted by molar-refractivity contribution is 0.0546. The number of aliphatic hydroxyl groups is 1. The summed E-state index contributed by atoms with van der Waals surface area (Å²) < 4.78 is 10.5. The molecule has 2 aliphatic heterocycles. The first-order valence-corrected chi connectivity index (χ1v) is 10.2. The highest BCUT2D eigenvalue weighted by molar-refractivity contribution is 5.95. The first-order chi connectivity index (χ1) is 14.7. The number of hydrogen-bond acceptors (Lipinski definition) is 4. The third-order valence-electron chi connectivity index (χ3n) is 5.25. The van der Waals surface area contributed by atoms with Crippen molar-refractivity contribution in [3.05, 3.63) is 84.4 Å². The van der Waals surface area contributed by atoms with Crippen LogP contribution < -0.4 is 9.47 Å². The Morgan fingerprint density at radius 1 is 0.800 bits per heavy atom. The highest BCUT2D eigenvalue weighted by Gasteiger charge is 2.24. The van der Waals surface area contributed by atoms with E-state index in [9.17, 15) is 9.90 Å². The predicted molar refractivity (Wildman–Crippen MR) is 116 cm³/mol. The van der Waals surface area contributed by atoms with Crippen LogP contribution in [0.4, 0.5) is 0 Å². The van der Waals surface area contributed by atoms with Crippen molar-refractivity contribution in [2.24, 2.45) is 0 Å². The number of nitrogens with zero attached hydrogens (tertiary/aromatic N) is 1. The molecule has 0 bridgehead atoms. The number of aliphatic hydroxyl groups excluding tert-OH is 1. The zero-order valence-corrected chi connectivity index (χ0v) is 16.7. The van der Waals surface area contributed by atoms with Gasteiger partial charge in [-0.15, -0.1) is 0 Å². The number of likely N-dealkylation sites (tertiary alicyclic amines) is 1. The van der Waals surface area contributed by atoms with E-state index in [-0.39, 0.29) is 18.8 Å². The molecule has 0 radical (unpaired) electrons. The molecule has 0 aromatic heterocycles. The smallest absolute Gasteiger partial charge is 0.253 e. The molecule has 5 nitrogen and oxygen atoms in total. The molecule has 3 aromatic rings. The van der Waals surface area contributed by atoms with Crippen molar-refractivity contribution >= 4 is 5.91 Å². The van der Waals surface area contributed by atoms with E-state index in [1.54, 1.807) is 23.1 Å². The van der Waals surface area contributed by atoms with Crippen molar-refractivity contribution < 1.29 is 19.4 Å². The summed E-state index contributed by atoms with van der Waals surface area (Å²) in [6.45, 7) is 1.42. The lowest BCUT2D eigenvalue weighted by Gasteiger charge is -2.29. The van der Waals surface area contributed by atoms with Crippen LogP contribution in [0.2, 0.25) is 0 Å². The number of hydrogen-bond donors (Lipinski definition) is 1. The Bertz CT molecular complexity index is 929. The summed E-state index contributed by atoms with van der Waals surface area (Å²) in [5.41, 5.74) is 3.16. The minimum atomic E-state index is -0.272. The molecule has 154 valence electrons. The monoisotopic (exact) mass is 403 g/mol. The van der Waals surface area contributed by atoms with E-state index in [0.717, 1.165) is 0 Å². The number of carbonyl (C=O) groups is 1. The highest BCUT2D eigenvalue weighted by atomic mass is 16.7. The minimum Gasteiger partial charge on any atom is -0.454 e. The Labute approximate surface area is 176 Å². The van der Waals surface area contributed by atoms with Gasteiger partial charge in [0.15, 0.2) is 11.5 Å². The summed E-state index contributed by atoms with van der Waals surface area (Å²) >= 11 is 0. The molecule has 30 heavy (non-hydrogen) atoms. The Kier molecular flexibility index (Phi) is 6.30. The Balaban J connectivity index is 0.000000158. The molecule has 1 N–H and O–H groups in total. The predicted octanol–water partition coefficient (Wildman–Crippen LogP) is 4.37. The van der Waals surface area contributed by atoms with Crippen molar-refractivity contribution in [1.82, 2.24) is 4.90 Å². The van der Waals surface area contributed by atoms with Gasteiger partial charge in [-0.05, 0) is 42.2 Å². The Hall–Kier alpha value is -3.31. The van der Waals surface area contributed by atoms with Crippen molar-refractivity contribution in [2.45, 2.75) is 18.9 Å². The van der Waals surface area contributed by atoms with Gasteiger partial charge in [-0.1, -0.05) is 60.7 Å². The zero-order chi connectivity index (χ0) is 20.8. The SMILES string of the molecule is O=C(c1ccc2c(c1)OCO2)N1CCC(O)CC1.c1ccc(-c2ccccc2)cc1. The average Bonchev–Trinajstić information content (AvgIpc) is 3.29. The van der Waals surface area contributed by atoms with Gasteiger partial charge in [-0.3, -0.25) is 4.79 Å². The molecule has 0 spiro atoms. The normalized spacial score (nSPS) is 15.3. The first-order valence-electron chi connectivity index (χ1n) is 10.2. The van der Waals surface area contributed by atoms with E-state index in [1.807, 2.05) is 12.1 Å². The fourth-order valence-corrected chi connectivity index (χ4v) is 3.54. The number of ether oxygens (including phenoxy) is 2. The van der Waals surface area contributed by atoms with Crippen molar-refractivity contribution in [3.63, 3.8) is 0 Å². The molecular formula is C25H25NO4. The number of amides is 1. The molecular weight excluding hydrogens is 378 g/mol. The molecule has 5 rings (SSSR count). The maximum absolute atomic E-state index is 12.3. The summed E-state index contributed by atoms with van der Waals surface area (Å²) in [5, 5.41) is 9.43. The Morgan fingerprint density at radius 3 is 1.97 bits per heavy atom. The van der Waals surface area contributed by atoms with Gasteiger partial charge in [-0.2, -0.15) is 0 Å². The molecule has 1 saturated heterocycles. The number of rotatable bonds is 2. The number of piperidine rings is 1. The van der Waals surface area contributed by atoms with Gasteiger partial charge < -0.3 is 19.5 Å². The summed E-state index contributed by atoms with van der Waals surface area (Å²) in [7, 11) is 0.